The molecule has 2 heterocycles. The number of rotatable bonds is 7. The molecule has 9 nitrogen and oxygen atoms in total. The normalized spacial score (nSPS) is 10.5. The molecule has 0 atom stereocenters. The first-order valence-corrected chi connectivity index (χ1v) is 9.40. The number of hydrogen-bond donors (Lipinski definition) is 2. The second-order valence-electron chi connectivity index (χ2n) is 6.47. The van der Waals surface area contributed by atoms with E-state index in [9.17, 15) is 4.79 Å². The van der Waals surface area contributed by atoms with Crippen LogP contribution in [-0.2, 0) is 6.42 Å². The molecular formula is C22H20N4O5. The van der Waals surface area contributed by atoms with Gasteiger partial charge in [0, 0.05) is 17.4 Å². The Balaban J connectivity index is 1.45. The van der Waals surface area contributed by atoms with Gasteiger partial charge in [0.15, 0.2) is 17.3 Å². The highest BCUT2D eigenvalue weighted by Crippen LogP contribution is 2.30. The van der Waals surface area contributed by atoms with Gasteiger partial charge in [-0.25, -0.2) is 4.79 Å². The van der Waals surface area contributed by atoms with Gasteiger partial charge in [-0.3, -0.25) is 0 Å². The lowest BCUT2D eigenvalue weighted by Crippen LogP contribution is -2.20. The molecule has 4 aromatic rings. The maximum atomic E-state index is 12.5. The minimum Gasteiger partial charge on any atom is -0.493 e. The van der Waals surface area contributed by atoms with Crippen molar-refractivity contribution in [1.82, 2.24) is 10.1 Å². The Morgan fingerprint density at radius 2 is 1.84 bits per heavy atom. The first kappa shape index (κ1) is 20.0. The lowest BCUT2D eigenvalue weighted by Gasteiger charge is -2.13. The summed E-state index contributed by atoms with van der Waals surface area (Å²) in [4.78, 5) is 16.9. The molecule has 0 saturated carbocycles. The van der Waals surface area contributed by atoms with Crippen LogP contribution in [0.15, 0.2) is 69.8 Å². The first-order chi connectivity index (χ1) is 15.2. The molecule has 0 saturated heterocycles. The molecule has 0 unspecified atom stereocenters. The van der Waals surface area contributed by atoms with Crippen LogP contribution in [0.2, 0.25) is 0 Å². The predicted octanol–water partition coefficient (Wildman–Crippen LogP) is 4.58. The third kappa shape index (κ3) is 4.67. The quantitative estimate of drug-likeness (QED) is 0.450. The van der Waals surface area contributed by atoms with E-state index < -0.39 is 6.03 Å². The van der Waals surface area contributed by atoms with E-state index in [0.29, 0.717) is 46.8 Å². The molecule has 0 aliphatic carbocycles. The van der Waals surface area contributed by atoms with Gasteiger partial charge in [-0.05, 0) is 35.9 Å². The smallest absolute Gasteiger partial charge is 0.323 e. The molecule has 0 aliphatic heterocycles. The van der Waals surface area contributed by atoms with E-state index in [4.69, 9.17) is 18.4 Å². The molecular weight excluding hydrogens is 400 g/mol. The summed E-state index contributed by atoms with van der Waals surface area (Å²) in [5.41, 5.74) is 2.01. The van der Waals surface area contributed by atoms with Crippen molar-refractivity contribution in [3.05, 3.63) is 72.3 Å². The summed E-state index contributed by atoms with van der Waals surface area (Å²) in [7, 11) is 3.09. The molecule has 2 aromatic heterocycles. The Kier molecular flexibility index (Phi) is 5.84. The van der Waals surface area contributed by atoms with Gasteiger partial charge in [-0.2, -0.15) is 4.98 Å². The summed E-state index contributed by atoms with van der Waals surface area (Å²) in [6, 6.07) is 15.6. The summed E-state index contributed by atoms with van der Waals surface area (Å²) in [5, 5.41) is 9.56. The topological polar surface area (TPSA) is 112 Å². The summed E-state index contributed by atoms with van der Waals surface area (Å²) < 4.78 is 21.1. The number of ether oxygens (including phenoxy) is 2. The van der Waals surface area contributed by atoms with Gasteiger partial charge in [0.05, 0.1) is 26.9 Å². The van der Waals surface area contributed by atoms with Crippen molar-refractivity contribution in [2.45, 2.75) is 6.42 Å². The molecule has 2 amide bonds. The van der Waals surface area contributed by atoms with Crippen LogP contribution in [0.5, 0.6) is 11.5 Å². The number of carbonyl (C=O) groups is 1. The van der Waals surface area contributed by atoms with Crippen LogP contribution >= 0.6 is 0 Å². The molecule has 31 heavy (non-hydrogen) atoms. The average molecular weight is 420 g/mol. The van der Waals surface area contributed by atoms with Crippen LogP contribution in [0.4, 0.5) is 16.2 Å². The summed E-state index contributed by atoms with van der Waals surface area (Å²) in [6.45, 7) is 0. The molecule has 0 spiro atoms. The molecule has 2 N–H and O–H groups in total. The lowest BCUT2D eigenvalue weighted by atomic mass is 10.1. The van der Waals surface area contributed by atoms with Gasteiger partial charge >= 0.3 is 6.03 Å². The zero-order valence-corrected chi connectivity index (χ0v) is 16.9. The van der Waals surface area contributed by atoms with Crippen LogP contribution < -0.4 is 20.1 Å². The molecule has 0 aliphatic rings. The van der Waals surface area contributed by atoms with Gasteiger partial charge in [0.2, 0.25) is 11.7 Å². The Labute approximate surface area is 178 Å². The largest absolute Gasteiger partial charge is 0.493 e. The van der Waals surface area contributed by atoms with Crippen LogP contribution in [-0.4, -0.2) is 30.4 Å². The van der Waals surface area contributed by atoms with Crippen molar-refractivity contribution in [3.8, 4) is 23.1 Å². The molecule has 0 bridgehead atoms. The SMILES string of the molecule is COc1ccc(NC(=O)Nc2ccccc2Cc2nc(-c3ccco3)no2)cc1OC. The Hall–Kier alpha value is -4.27. The van der Waals surface area contributed by atoms with Crippen molar-refractivity contribution in [2.75, 3.05) is 24.9 Å². The van der Waals surface area contributed by atoms with Gasteiger partial charge in [0.1, 0.15) is 0 Å². The van der Waals surface area contributed by atoms with E-state index in [1.54, 1.807) is 49.8 Å². The third-order valence-corrected chi connectivity index (χ3v) is 4.46. The van der Waals surface area contributed by atoms with Gasteiger partial charge in [0.25, 0.3) is 0 Å². The van der Waals surface area contributed by atoms with Crippen LogP contribution in [0.3, 0.4) is 0 Å². The van der Waals surface area contributed by atoms with Crippen molar-refractivity contribution in [2.24, 2.45) is 0 Å². The highest BCUT2D eigenvalue weighted by atomic mass is 16.5. The number of anilines is 2. The molecule has 158 valence electrons. The summed E-state index contributed by atoms with van der Waals surface area (Å²) in [5.74, 6) is 2.39. The number of carbonyl (C=O) groups excluding carboxylic acids is 1. The number of nitrogens with zero attached hydrogens (tertiary/aromatic N) is 2. The molecule has 9 heteroatoms. The van der Waals surface area contributed by atoms with Crippen LogP contribution in [0.1, 0.15) is 11.5 Å². The Morgan fingerprint density at radius 3 is 2.61 bits per heavy atom. The second kappa shape index (κ2) is 9.04. The zero-order valence-electron chi connectivity index (χ0n) is 16.9. The van der Waals surface area contributed by atoms with Gasteiger partial charge in [-0.15, -0.1) is 0 Å². The molecule has 0 radical (unpaired) electrons. The van der Waals surface area contributed by atoms with E-state index in [-0.39, 0.29) is 0 Å². The number of amides is 2. The number of hydrogen-bond acceptors (Lipinski definition) is 7. The van der Waals surface area contributed by atoms with E-state index in [1.807, 2.05) is 18.2 Å². The number of methoxy groups -OCH3 is 2. The van der Waals surface area contributed by atoms with Crippen molar-refractivity contribution in [3.63, 3.8) is 0 Å². The molecule has 4 rings (SSSR count). The number of urea groups is 1. The minimum atomic E-state index is -0.401. The summed E-state index contributed by atoms with van der Waals surface area (Å²) in [6.07, 6.45) is 1.89. The number of aromatic nitrogens is 2. The maximum absolute atomic E-state index is 12.5. The average Bonchev–Trinajstić information content (AvgIpc) is 3.47. The molecule has 2 aromatic carbocycles. The fourth-order valence-corrected chi connectivity index (χ4v) is 2.99. The highest BCUT2D eigenvalue weighted by molar-refractivity contribution is 6.00. The lowest BCUT2D eigenvalue weighted by molar-refractivity contribution is 0.262. The zero-order chi connectivity index (χ0) is 21.6. The molecule has 0 fully saturated rings. The summed E-state index contributed by atoms with van der Waals surface area (Å²) >= 11 is 0. The number of para-hydroxylation sites is 1. The number of furan rings is 1. The minimum absolute atomic E-state index is 0.348. The van der Waals surface area contributed by atoms with Gasteiger partial charge < -0.3 is 29.0 Å². The second-order valence-corrected chi connectivity index (χ2v) is 6.47. The standard InChI is InChI=1S/C22H20N4O5/c1-28-17-10-9-15(13-19(17)29-2)23-22(27)24-16-7-4-3-6-14(16)12-20-25-21(26-31-20)18-8-5-11-30-18/h3-11,13H,12H2,1-2H3,(H2,23,24,27). The van der Waals surface area contributed by atoms with Crippen molar-refractivity contribution >= 4 is 17.4 Å². The first-order valence-electron chi connectivity index (χ1n) is 9.40. The Bertz CT molecular complexity index is 1170. The van der Waals surface area contributed by atoms with Crippen molar-refractivity contribution < 1.29 is 23.2 Å². The van der Waals surface area contributed by atoms with E-state index >= 15 is 0 Å². The maximum Gasteiger partial charge on any atom is 0.323 e. The monoisotopic (exact) mass is 420 g/mol. The third-order valence-electron chi connectivity index (χ3n) is 4.46. The number of nitrogens with one attached hydrogen (secondary N) is 2. The van der Waals surface area contributed by atoms with Gasteiger partial charge in [-0.1, -0.05) is 23.4 Å². The Morgan fingerprint density at radius 1 is 1.00 bits per heavy atom. The van der Waals surface area contributed by atoms with Crippen LogP contribution in [0.25, 0.3) is 11.6 Å². The van der Waals surface area contributed by atoms with E-state index in [2.05, 4.69) is 20.8 Å². The van der Waals surface area contributed by atoms with E-state index in [0.717, 1.165) is 5.56 Å². The fourth-order valence-electron chi connectivity index (χ4n) is 2.99. The highest BCUT2D eigenvalue weighted by Gasteiger charge is 2.14. The van der Waals surface area contributed by atoms with Crippen molar-refractivity contribution in [1.29, 1.82) is 0 Å². The predicted molar refractivity (Wildman–Crippen MR) is 113 cm³/mol. The van der Waals surface area contributed by atoms with E-state index in [1.165, 1.54) is 7.11 Å². The number of benzene rings is 2. The fraction of sp³-hybridized carbons (Fsp3) is 0.136. The van der Waals surface area contributed by atoms with Crippen LogP contribution in [0, 0.1) is 0 Å².